The lowest BCUT2D eigenvalue weighted by Gasteiger charge is -2.15. The van der Waals surface area contributed by atoms with Gasteiger partial charge >= 0.3 is 0 Å². The van der Waals surface area contributed by atoms with Crippen molar-refractivity contribution in [2.75, 3.05) is 30.3 Å². The smallest absolute Gasteiger partial charge is 0.255 e. The number of benzene rings is 3. The maximum Gasteiger partial charge on any atom is 0.255 e. The molecule has 0 spiro atoms. The molecule has 36 heavy (non-hydrogen) atoms. The Morgan fingerprint density at radius 1 is 0.972 bits per heavy atom. The van der Waals surface area contributed by atoms with E-state index in [2.05, 4.69) is 28.1 Å². The van der Waals surface area contributed by atoms with Gasteiger partial charge in [-0.3, -0.25) is 14.4 Å². The van der Waals surface area contributed by atoms with Crippen molar-refractivity contribution in [3.05, 3.63) is 94.5 Å². The first kappa shape index (κ1) is 23.6. The number of likely N-dealkylation sites (tertiary alicyclic amines) is 1. The molecule has 0 radical (unpaired) electrons. The molecule has 184 valence electrons. The van der Waals surface area contributed by atoms with Gasteiger partial charge in [0.1, 0.15) is 0 Å². The quantitative estimate of drug-likeness (QED) is 0.399. The van der Waals surface area contributed by atoms with Gasteiger partial charge in [-0.15, -0.1) is 0 Å². The van der Waals surface area contributed by atoms with Gasteiger partial charge in [0.2, 0.25) is 5.91 Å². The number of hydrogen-bond acceptors (Lipinski definition) is 4. The van der Waals surface area contributed by atoms with Crippen molar-refractivity contribution < 1.29 is 14.4 Å². The largest absolute Gasteiger partial charge is 0.385 e. The molecule has 7 heteroatoms. The van der Waals surface area contributed by atoms with E-state index in [4.69, 9.17) is 0 Å². The Bertz CT molecular complexity index is 1270. The lowest BCUT2D eigenvalue weighted by Crippen LogP contribution is -2.26. The molecule has 0 aliphatic carbocycles. The minimum absolute atomic E-state index is 0.162. The van der Waals surface area contributed by atoms with E-state index in [1.807, 2.05) is 47.4 Å². The number of hydrogen-bond donors (Lipinski definition) is 3. The molecule has 2 aliphatic rings. The SMILES string of the molecule is O=C(Nc1ccc(Cc2ccccc2)c2c1C(=O)NC2)c1ccc(NCCCN2CCCC2=O)cc1. The molecule has 5 rings (SSSR count). The van der Waals surface area contributed by atoms with Crippen LogP contribution in [0.2, 0.25) is 0 Å². The molecule has 0 unspecified atom stereocenters. The normalized spacial score (nSPS) is 14.5. The number of fused-ring (bicyclic) bond motifs is 1. The number of nitrogens with zero attached hydrogens (tertiary/aromatic N) is 1. The van der Waals surface area contributed by atoms with E-state index in [1.165, 1.54) is 5.56 Å². The minimum atomic E-state index is -0.258. The molecule has 0 aromatic heterocycles. The van der Waals surface area contributed by atoms with Gasteiger partial charge in [0.25, 0.3) is 11.8 Å². The molecule has 3 N–H and O–H groups in total. The molecule has 3 amide bonds. The number of amides is 3. The average molecular weight is 483 g/mol. The van der Waals surface area contributed by atoms with Crippen LogP contribution >= 0.6 is 0 Å². The summed E-state index contributed by atoms with van der Waals surface area (Å²) < 4.78 is 0. The summed E-state index contributed by atoms with van der Waals surface area (Å²) in [7, 11) is 0. The zero-order valence-electron chi connectivity index (χ0n) is 20.2. The van der Waals surface area contributed by atoms with Gasteiger partial charge in [0, 0.05) is 43.9 Å². The van der Waals surface area contributed by atoms with Crippen molar-refractivity contribution in [3.63, 3.8) is 0 Å². The van der Waals surface area contributed by atoms with Crippen molar-refractivity contribution in [1.29, 1.82) is 0 Å². The fourth-order valence-corrected chi connectivity index (χ4v) is 4.87. The zero-order valence-corrected chi connectivity index (χ0v) is 20.2. The molecule has 0 bridgehead atoms. The second-order valence-electron chi connectivity index (χ2n) is 9.27. The van der Waals surface area contributed by atoms with Crippen LogP contribution in [0.15, 0.2) is 66.7 Å². The lowest BCUT2D eigenvalue weighted by atomic mass is 9.96. The van der Waals surface area contributed by atoms with Gasteiger partial charge < -0.3 is 20.9 Å². The van der Waals surface area contributed by atoms with Gasteiger partial charge in [-0.2, -0.15) is 0 Å². The number of rotatable bonds is 9. The molecule has 2 heterocycles. The Labute approximate surface area is 210 Å². The molecule has 7 nitrogen and oxygen atoms in total. The van der Waals surface area contributed by atoms with Gasteiger partial charge in [-0.1, -0.05) is 36.4 Å². The van der Waals surface area contributed by atoms with Crippen LogP contribution in [0.4, 0.5) is 11.4 Å². The van der Waals surface area contributed by atoms with Crippen LogP contribution in [0, 0.1) is 0 Å². The summed E-state index contributed by atoms with van der Waals surface area (Å²) in [5.41, 5.74) is 5.71. The topological polar surface area (TPSA) is 90.5 Å². The van der Waals surface area contributed by atoms with Crippen LogP contribution in [0.5, 0.6) is 0 Å². The van der Waals surface area contributed by atoms with E-state index in [0.717, 1.165) is 55.7 Å². The van der Waals surface area contributed by atoms with Crippen molar-refractivity contribution >= 4 is 29.1 Å². The van der Waals surface area contributed by atoms with Crippen LogP contribution in [0.3, 0.4) is 0 Å². The summed E-state index contributed by atoms with van der Waals surface area (Å²) in [5.74, 6) is -0.170. The first-order valence-corrected chi connectivity index (χ1v) is 12.5. The fraction of sp³-hybridized carbons (Fsp3) is 0.276. The Morgan fingerprint density at radius 2 is 1.78 bits per heavy atom. The highest BCUT2D eigenvalue weighted by Crippen LogP contribution is 2.29. The Hall–Kier alpha value is -4.13. The van der Waals surface area contributed by atoms with Crippen molar-refractivity contribution in [2.45, 2.75) is 32.2 Å². The Balaban J connectivity index is 1.20. The van der Waals surface area contributed by atoms with Crippen LogP contribution < -0.4 is 16.0 Å². The molecule has 1 saturated heterocycles. The van der Waals surface area contributed by atoms with E-state index in [-0.39, 0.29) is 17.7 Å². The highest BCUT2D eigenvalue weighted by atomic mass is 16.2. The first-order valence-electron chi connectivity index (χ1n) is 12.5. The highest BCUT2D eigenvalue weighted by molar-refractivity contribution is 6.10. The maximum atomic E-state index is 12.9. The van der Waals surface area contributed by atoms with Gasteiger partial charge in [-0.05, 0) is 66.3 Å². The Morgan fingerprint density at radius 3 is 2.53 bits per heavy atom. The summed E-state index contributed by atoms with van der Waals surface area (Å²) in [6.45, 7) is 2.86. The molecule has 3 aromatic rings. The number of anilines is 2. The van der Waals surface area contributed by atoms with Crippen LogP contribution in [0.1, 0.15) is 56.7 Å². The van der Waals surface area contributed by atoms with Gasteiger partial charge in [0.05, 0.1) is 11.3 Å². The molecule has 1 fully saturated rings. The van der Waals surface area contributed by atoms with E-state index >= 15 is 0 Å². The minimum Gasteiger partial charge on any atom is -0.385 e. The maximum absolute atomic E-state index is 12.9. The predicted octanol–water partition coefficient (Wildman–Crippen LogP) is 4.20. The third-order valence-electron chi connectivity index (χ3n) is 6.80. The third kappa shape index (κ3) is 5.25. The monoisotopic (exact) mass is 482 g/mol. The van der Waals surface area contributed by atoms with Crippen molar-refractivity contribution in [3.8, 4) is 0 Å². The standard InChI is InChI=1S/C29H30N4O3/c34-26-8-4-16-33(26)17-5-15-30-23-12-9-21(10-13-23)28(35)32-25-14-11-22(18-20-6-2-1-3-7-20)24-19-31-29(36)27(24)25/h1-3,6-7,9-14,30H,4-5,8,15-19H2,(H,31,36)(H,32,35). The molecular formula is C29H30N4O3. The van der Waals surface area contributed by atoms with Crippen LogP contribution in [-0.4, -0.2) is 42.3 Å². The predicted molar refractivity (Wildman–Crippen MR) is 140 cm³/mol. The fourth-order valence-electron chi connectivity index (χ4n) is 4.87. The van der Waals surface area contributed by atoms with Crippen molar-refractivity contribution in [1.82, 2.24) is 10.2 Å². The highest BCUT2D eigenvalue weighted by Gasteiger charge is 2.26. The molecule has 3 aromatic carbocycles. The summed E-state index contributed by atoms with van der Waals surface area (Å²) in [6, 6.07) is 21.2. The molecule has 0 atom stereocenters. The van der Waals surface area contributed by atoms with E-state index < -0.39 is 0 Å². The average Bonchev–Trinajstić information content (AvgIpc) is 3.50. The number of carbonyl (C=O) groups is 3. The number of carbonyl (C=O) groups excluding carboxylic acids is 3. The third-order valence-corrected chi connectivity index (χ3v) is 6.80. The zero-order chi connectivity index (χ0) is 24.9. The summed E-state index contributed by atoms with van der Waals surface area (Å²) in [6.07, 6.45) is 3.24. The van der Waals surface area contributed by atoms with Gasteiger partial charge in [-0.25, -0.2) is 0 Å². The summed E-state index contributed by atoms with van der Waals surface area (Å²) in [5, 5.41) is 9.17. The summed E-state index contributed by atoms with van der Waals surface area (Å²) in [4.78, 5) is 39.1. The molecule has 2 aliphatic heterocycles. The van der Waals surface area contributed by atoms with Crippen LogP contribution in [-0.2, 0) is 17.8 Å². The first-order chi connectivity index (χ1) is 17.6. The van der Waals surface area contributed by atoms with Crippen molar-refractivity contribution in [2.24, 2.45) is 0 Å². The molecule has 0 saturated carbocycles. The van der Waals surface area contributed by atoms with E-state index in [1.54, 1.807) is 12.1 Å². The lowest BCUT2D eigenvalue weighted by molar-refractivity contribution is -0.127. The molecular weight excluding hydrogens is 452 g/mol. The second kappa shape index (κ2) is 10.6. The van der Waals surface area contributed by atoms with Gasteiger partial charge in [0.15, 0.2) is 0 Å². The Kier molecular flexibility index (Phi) is 6.98. The second-order valence-corrected chi connectivity index (χ2v) is 9.27. The number of nitrogens with one attached hydrogen (secondary N) is 3. The summed E-state index contributed by atoms with van der Waals surface area (Å²) >= 11 is 0. The van der Waals surface area contributed by atoms with E-state index in [9.17, 15) is 14.4 Å². The van der Waals surface area contributed by atoms with E-state index in [0.29, 0.717) is 29.8 Å². The van der Waals surface area contributed by atoms with Crippen LogP contribution in [0.25, 0.3) is 0 Å².